The molecule has 7 heteroatoms. The topological polar surface area (TPSA) is 58.8 Å². The third kappa shape index (κ3) is 3.80. The van der Waals surface area contributed by atoms with Crippen molar-refractivity contribution in [2.24, 2.45) is 0 Å². The molecule has 148 valence electrons. The summed E-state index contributed by atoms with van der Waals surface area (Å²) in [6.45, 7) is 4.15. The van der Waals surface area contributed by atoms with E-state index in [2.05, 4.69) is 10.2 Å². The van der Waals surface area contributed by atoms with Gasteiger partial charge in [0, 0.05) is 32.3 Å². The molecule has 6 nitrogen and oxygen atoms in total. The predicted octanol–water partition coefficient (Wildman–Crippen LogP) is 2.39. The lowest BCUT2D eigenvalue weighted by Gasteiger charge is -2.15. The van der Waals surface area contributed by atoms with Crippen molar-refractivity contribution >= 4 is 22.5 Å². The van der Waals surface area contributed by atoms with Gasteiger partial charge in [-0.15, -0.1) is 0 Å². The molecule has 0 bridgehead atoms. The van der Waals surface area contributed by atoms with Gasteiger partial charge < -0.3 is 19.2 Å². The molecule has 28 heavy (non-hydrogen) atoms. The summed E-state index contributed by atoms with van der Waals surface area (Å²) in [6, 6.07) is 8.01. The lowest BCUT2D eigenvalue weighted by atomic mass is 10.2. The number of likely N-dealkylation sites (tertiary alicyclic amines) is 1. The van der Waals surface area contributed by atoms with Crippen molar-refractivity contribution in [2.45, 2.75) is 32.2 Å². The number of aromatic nitrogens is 2. The molecule has 0 unspecified atom stereocenters. The number of rotatable bonds is 7. The molecule has 0 spiro atoms. The molecule has 1 amide bonds. The normalized spacial score (nSPS) is 14.9. The first kappa shape index (κ1) is 18.7. The first-order chi connectivity index (χ1) is 13.6. The van der Waals surface area contributed by atoms with Gasteiger partial charge in [0.2, 0.25) is 5.91 Å². The van der Waals surface area contributed by atoms with Crippen LogP contribution >= 0.6 is 0 Å². The van der Waals surface area contributed by atoms with Gasteiger partial charge in [0.25, 0.3) is 5.56 Å². The van der Waals surface area contributed by atoms with Crippen molar-refractivity contribution in [3.05, 3.63) is 52.7 Å². The van der Waals surface area contributed by atoms with Gasteiger partial charge in [-0.1, -0.05) is 0 Å². The molecule has 3 aromatic rings. The van der Waals surface area contributed by atoms with Crippen LogP contribution in [0.2, 0.25) is 0 Å². The summed E-state index contributed by atoms with van der Waals surface area (Å²) >= 11 is 0. The van der Waals surface area contributed by atoms with Crippen LogP contribution in [0.4, 0.5) is 4.39 Å². The summed E-state index contributed by atoms with van der Waals surface area (Å²) in [6.07, 6.45) is 5.15. The van der Waals surface area contributed by atoms with E-state index in [9.17, 15) is 14.0 Å². The Morgan fingerprint density at radius 2 is 1.89 bits per heavy atom. The van der Waals surface area contributed by atoms with E-state index >= 15 is 0 Å². The van der Waals surface area contributed by atoms with Gasteiger partial charge in [0.05, 0.1) is 11.0 Å². The number of fused-ring (bicyclic) bond motifs is 3. The Morgan fingerprint density at radius 1 is 1.07 bits per heavy atom. The minimum Gasteiger partial charge on any atom is -0.355 e. The van der Waals surface area contributed by atoms with Gasteiger partial charge in [-0.2, -0.15) is 0 Å². The number of carbonyl (C=O) groups excluding carboxylic acids is 1. The first-order valence-electron chi connectivity index (χ1n) is 9.92. The van der Waals surface area contributed by atoms with E-state index in [1.165, 1.54) is 25.0 Å². The van der Waals surface area contributed by atoms with Crippen LogP contribution in [0.3, 0.4) is 0 Å². The standard InChI is InChI=1S/C21H25FN4O2/c22-16-7-8-17-19(15-16)26(21(28)18-5-3-12-25(17)18)13-4-6-20(27)23-9-14-24-10-1-2-11-24/h3,5,7-8,12,15H,1-2,4,6,9-11,13-14H2,(H,23,27). The molecule has 1 N–H and O–H groups in total. The van der Waals surface area contributed by atoms with Crippen LogP contribution in [0, 0.1) is 5.82 Å². The van der Waals surface area contributed by atoms with Gasteiger partial charge in [0.1, 0.15) is 11.3 Å². The van der Waals surface area contributed by atoms with Crippen LogP contribution in [0.5, 0.6) is 0 Å². The zero-order valence-corrected chi connectivity index (χ0v) is 15.9. The van der Waals surface area contributed by atoms with Crippen molar-refractivity contribution in [1.29, 1.82) is 0 Å². The van der Waals surface area contributed by atoms with Crippen LogP contribution in [0.15, 0.2) is 41.3 Å². The smallest absolute Gasteiger partial charge is 0.275 e. The number of nitrogens with zero attached hydrogens (tertiary/aromatic N) is 3. The van der Waals surface area contributed by atoms with Gasteiger partial charge in [-0.25, -0.2) is 4.39 Å². The Morgan fingerprint density at radius 3 is 2.71 bits per heavy atom. The number of hydrogen-bond acceptors (Lipinski definition) is 3. The second-order valence-electron chi connectivity index (χ2n) is 7.36. The third-order valence-corrected chi connectivity index (χ3v) is 5.44. The van der Waals surface area contributed by atoms with E-state index in [0.29, 0.717) is 37.0 Å². The van der Waals surface area contributed by atoms with E-state index < -0.39 is 0 Å². The molecule has 1 fully saturated rings. The van der Waals surface area contributed by atoms with Crippen molar-refractivity contribution in [3.63, 3.8) is 0 Å². The largest absolute Gasteiger partial charge is 0.355 e. The highest BCUT2D eigenvalue weighted by Gasteiger charge is 2.13. The minimum absolute atomic E-state index is 0.00787. The Bertz CT molecular complexity index is 1050. The highest BCUT2D eigenvalue weighted by molar-refractivity contribution is 5.79. The fourth-order valence-electron chi connectivity index (χ4n) is 4.00. The number of carbonyl (C=O) groups is 1. The average Bonchev–Trinajstić information content (AvgIpc) is 3.36. The number of hydrogen-bond donors (Lipinski definition) is 1. The molecular weight excluding hydrogens is 359 g/mol. The van der Waals surface area contributed by atoms with Gasteiger partial charge in [-0.3, -0.25) is 9.59 Å². The zero-order valence-electron chi connectivity index (χ0n) is 15.9. The number of nitrogens with one attached hydrogen (secondary N) is 1. The summed E-state index contributed by atoms with van der Waals surface area (Å²) in [5.41, 5.74) is 1.70. The number of aryl methyl sites for hydroxylation is 1. The average molecular weight is 384 g/mol. The van der Waals surface area contributed by atoms with E-state index in [4.69, 9.17) is 0 Å². The SMILES string of the molecule is O=C(CCCn1c(=O)c2cccn2c2ccc(F)cc21)NCCN1CCCC1. The van der Waals surface area contributed by atoms with Crippen LogP contribution in [0.25, 0.3) is 16.6 Å². The van der Waals surface area contributed by atoms with E-state index in [1.807, 2.05) is 0 Å². The molecule has 0 saturated carbocycles. The van der Waals surface area contributed by atoms with Crippen LogP contribution in [-0.2, 0) is 11.3 Å². The number of benzene rings is 1. The van der Waals surface area contributed by atoms with Gasteiger partial charge >= 0.3 is 0 Å². The quantitative estimate of drug-likeness (QED) is 0.681. The van der Waals surface area contributed by atoms with Crippen molar-refractivity contribution in [1.82, 2.24) is 19.2 Å². The van der Waals surface area contributed by atoms with E-state index in [1.54, 1.807) is 33.4 Å². The summed E-state index contributed by atoms with van der Waals surface area (Å²) < 4.78 is 17.2. The predicted molar refractivity (Wildman–Crippen MR) is 107 cm³/mol. The number of halogens is 1. The Labute approximate surface area is 162 Å². The molecule has 2 aromatic heterocycles. The number of amides is 1. The molecule has 3 heterocycles. The summed E-state index contributed by atoms with van der Waals surface area (Å²) in [5, 5.41) is 2.95. The maximum absolute atomic E-state index is 13.8. The fourth-order valence-corrected chi connectivity index (χ4v) is 4.00. The maximum atomic E-state index is 13.8. The zero-order chi connectivity index (χ0) is 19.5. The van der Waals surface area contributed by atoms with Gasteiger partial charge in [-0.05, 0) is 62.7 Å². The lowest BCUT2D eigenvalue weighted by molar-refractivity contribution is -0.121. The second-order valence-corrected chi connectivity index (χ2v) is 7.36. The highest BCUT2D eigenvalue weighted by Crippen LogP contribution is 2.17. The molecule has 1 aromatic carbocycles. The van der Waals surface area contributed by atoms with E-state index in [0.717, 1.165) is 25.2 Å². The fraction of sp³-hybridized carbons (Fsp3) is 0.429. The first-order valence-corrected chi connectivity index (χ1v) is 9.92. The summed E-state index contributed by atoms with van der Waals surface area (Å²) in [5.74, 6) is -0.390. The van der Waals surface area contributed by atoms with Crippen LogP contribution < -0.4 is 10.9 Å². The third-order valence-electron chi connectivity index (χ3n) is 5.44. The Kier molecular flexibility index (Phi) is 5.43. The monoisotopic (exact) mass is 384 g/mol. The molecular formula is C21H25FN4O2. The molecule has 0 aliphatic carbocycles. The molecule has 1 aliphatic rings. The summed E-state index contributed by atoms with van der Waals surface area (Å²) in [4.78, 5) is 27.3. The van der Waals surface area contributed by atoms with Gasteiger partial charge in [0.15, 0.2) is 0 Å². The van der Waals surface area contributed by atoms with Crippen LogP contribution in [0.1, 0.15) is 25.7 Å². The van der Waals surface area contributed by atoms with Crippen molar-refractivity contribution in [3.8, 4) is 0 Å². The summed E-state index contributed by atoms with van der Waals surface area (Å²) in [7, 11) is 0. The Balaban J connectivity index is 1.42. The molecule has 0 radical (unpaired) electrons. The van der Waals surface area contributed by atoms with E-state index in [-0.39, 0.29) is 17.3 Å². The minimum atomic E-state index is -0.383. The lowest BCUT2D eigenvalue weighted by Crippen LogP contribution is -2.33. The highest BCUT2D eigenvalue weighted by atomic mass is 19.1. The van der Waals surface area contributed by atoms with Crippen LogP contribution in [-0.4, -0.2) is 46.0 Å². The molecule has 0 atom stereocenters. The maximum Gasteiger partial charge on any atom is 0.275 e. The van der Waals surface area contributed by atoms with Crippen molar-refractivity contribution < 1.29 is 9.18 Å². The second kappa shape index (κ2) is 8.14. The Hall–Kier alpha value is -2.67. The molecule has 1 aliphatic heterocycles. The van der Waals surface area contributed by atoms with Crippen molar-refractivity contribution in [2.75, 3.05) is 26.2 Å². The molecule has 4 rings (SSSR count). The molecule has 1 saturated heterocycles.